The van der Waals surface area contributed by atoms with Crippen molar-refractivity contribution in [3.63, 3.8) is 0 Å². The van der Waals surface area contributed by atoms with Gasteiger partial charge in [0, 0.05) is 34.1 Å². The lowest BCUT2D eigenvalue weighted by molar-refractivity contribution is 1.28. The topological polar surface area (TPSA) is 6.48 Å². The van der Waals surface area contributed by atoms with Crippen LogP contribution in [0.25, 0.3) is 56.7 Å². The van der Waals surface area contributed by atoms with Gasteiger partial charge in [0.1, 0.15) is 0 Å². The van der Waals surface area contributed by atoms with E-state index in [9.17, 15) is 0 Å². The lowest BCUT2D eigenvalue weighted by atomic mass is 10.0. The summed E-state index contributed by atoms with van der Waals surface area (Å²) in [5, 5.41) is 5.31. The van der Waals surface area contributed by atoms with Gasteiger partial charge in [-0.2, -0.15) is 0 Å². The van der Waals surface area contributed by atoms with Gasteiger partial charge in [0.2, 0.25) is 0 Å². The minimum absolute atomic E-state index is 1.09. The summed E-state index contributed by atoms with van der Waals surface area (Å²) in [4.78, 5) is 4.87. The van der Waals surface area contributed by atoms with E-state index < -0.39 is 8.07 Å². The van der Waals surface area contributed by atoms with Gasteiger partial charge in [-0.3, -0.25) is 0 Å². The fourth-order valence-corrected chi connectivity index (χ4v) is 16.6. The molecular weight excluding hydrogens is 945 g/mol. The van der Waals surface area contributed by atoms with Crippen molar-refractivity contribution in [3.8, 4) is 44.5 Å². The maximum absolute atomic E-state index is 3.21. The Morgan fingerprint density at radius 3 is 0.675 bits per heavy atom. The number of hydrogen-bond donors (Lipinski definition) is 0. The predicted molar refractivity (Wildman–Crippen MR) is 330 cm³/mol. The van der Waals surface area contributed by atoms with Crippen LogP contribution in [0.5, 0.6) is 0 Å². The Labute approximate surface area is 453 Å². The van der Waals surface area contributed by atoms with Crippen LogP contribution < -0.4 is 30.5 Å². The van der Waals surface area contributed by atoms with Crippen molar-refractivity contribution in [1.29, 1.82) is 0 Å². The van der Waals surface area contributed by atoms with E-state index in [1.807, 2.05) is 0 Å². The summed E-state index contributed by atoms with van der Waals surface area (Å²) in [5.41, 5.74) is 18.5. The monoisotopic (exact) mass is 998 g/mol. The molecule has 12 aromatic carbocycles. The number of fused-ring (bicyclic) bond motifs is 2. The van der Waals surface area contributed by atoms with E-state index in [0.717, 1.165) is 34.1 Å². The summed E-state index contributed by atoms with van der Waals surface area (Å²) in [6.45, 7) is 0. The second-order valence-electron chi connectivity index (χ2n) is 19.7. The van der Waals surface area contributed by atoms with Crippen LogP contribution >= 0.6 is 0 Å². The predicted octanol–water partition coefficient (Wildman–Crippen LogP) is 17.2. The average molecular weight is 999 g/mol. The molecule has 0 bridgehead atoms. The Morgan fingerprint density at radius 1 is 0.195 bits per heavy atom. The van der Waals surface area contributed by atoms with E-state index in [-0.39, 0.29) is 0 Å². The molecule has 3 heteroatoms. The number of benzene rings is 12. The van der Waals surface area contributed by atoms with Crippen molar-refractivity contribution in [2.45, 2.75) is 0 Å². The maximum Gasteiger partial charge on any atom is 0.180 e. The molecule has 0 unspecified atom stereocenters. The average Bonchev–Trinajstić information content (AvgIpc) is 3.83. The van der Waals surface area contributed by atoms with Gasteiger partial charge in [0.15, 0.2) is 8.07 Å². The molecule has 13 rings (SSSR count). The van der Waals surface area contributed by atoms with Gasteiger partial charge < -0.3 is 9.80 Å². The SMILES string of the molecule is C1=Cc2ccc(N(c3ccc(-c4ccccc4)cc3)c3ccc(-c4ccccc4)cc3)cc2[Si](c2ccccc2)(c2ccccc2)c2cc(N(c3ccc(-c4ccccc4)cc3)c3ccc(-c4ccccc4)cc3)ccc21. The highest BCUT2D eigenvalue weighted by atomic mass is 28.3. The second kappa shape index (κ2) is 20.8. The summed E-state index contributed by atoms with van der Waals surface area (Å²) in [7, 11) is -3.21. The third kappa shape index (κ3) is 9.09. The minimum Gasteiger partial charge on any atom is -0.311 e. The van der Waals surface area contributed by atoms with Gasteiger partial charge in [-0.15, -0.1) is 0 Å². The van der Waals surface area contributed by atoms with Gasteiger partial charge in [-0.05, 0) is 149 Å². The van der Waals surface area contributed by atoms with E-state index in [2.05, 4.69) is 337 Å². The normalized spacial score (nSPS) is 12.2. The molecule has 0 atom stereocenters. The molecule has 12 aromatic rings. The summed E-state index contributed by atoms with van der Waals surface area (Å²) in [6, 6.07) is 116. The molecule has 77 heavy (non-hydrogen) atoms. The molecule has 1 aliphatic rings. The third-order valence-corrected chi connectivity index (χ3v) is 20.1. The maximum atomic E-state index is 2.52. The highest BCUT2D eigenvalue weighted by Gasteiger charge is 2.45. The number of hydrogen-bond acceptors (Lipinski definition) is 2. The third-order valence-electron chi connectivity index (χ3n) is 15.2. The fraction of sp³-hybridized carbons (Fsp3) is 0. The van der Waals surface area contributed by atoms with E-state index in [1.165, 1.54) is 76.4 Å². The molecular formula is C74H54N2Si. The van der Waals surface area contributed by atoms with Gasteiger partial charge in [-0.1, -0.05) is 255 Å². The van der Waals surface area contributed by atoms with Crippen LogP contribution in [0.2, 0.25) is 0 Å². The van der Waals surface area contributed by atoms with Crippen molar-refractivity contribution in [2.75, 3.05) is 9.80 Å². The van der Waals surface area contributed by atoms with Crippen LogP contribution in [-0.4, -0.2) is 8.07 Å². The van der Waals surface area contributed by atoms with Crippen LogP contribution in [0.3, 0.4) is 0 Å². The van der Waals surface area contributed by atoms with Gasteiger partial charge in [0.25, 0.3) is 0 Å². The number of anilines is 6. The van der Waals surface area contributed by atoms with Gasteiger partial charge >= 0.3 is 0 Å². The molecule has 0 spiro atoms. The number of nitrogens with zero attached hydrogens (tertiary/aromatic N) is 2. The summed E-state index contributed by atoms with van der Waals surface area (Å²) >= 11 is 0. The zero-order chi connectivity index (χ0) is 51.4. The van der Waals surface area contributed by atoms with Gasteiger partial charge in [0.05, 0.1) is 0 Å². The van der Waals surface area contributed by atoms with Crippen molar-refractivity contribution < 1.29 is 0 Å². The number of rotatable bonds is 12. The highest BCUT2D eigenvalue weighted by Crippen LogP contribution is 2.40. The molecule has 364 valence electrons. The quantitative estimate of drug-likeness (QED) is 0.113. The zero-order valence-corrected chi connectivity index (χ0v) is 43.6. The standard InChI is InChI=1S/C74H54N2Si/c1-7-19-55(20-8-1)59-33-43-65(44-34-59)75(66-45-35-60(36-46-66)56-21-9-2-10-22-56)69-51-41-63-31-32-64-42-52-70(54-74(64)77(73(63)53-69,71-27-15-5-16-28-71)72-29-17-6-18-30-72)76(67-47-37-61(38-48-67)57-23-11-3-12-24-57)68-49-39-62(40-50-68)58-25-13-4-14-26-58/h1-54H. The molecule has 0 radical (unpaired) electrons. The zero-order valence-electron chi connectivity index (χ0n) is 42.6. The van der Waals surface area contributed by atoms with Crippen molar-refractivity contribution in [2.24, 2.45) is 0 Å². The summed E-state index contributed by atoms with van der Waals surface area (Å²) in [5.74, 6) is 0. The van der Waals surface area contributed by atoms with E-state index in [4.69, 9.17) is 0 Å². The van der Waals surface area contributed by atoms with E-state index in [1.54, 1.807) is 0 Å². The highest BCUT2D eigenvalue weighted by molar-refractivity contribution is 7.20. The van der Waals surface area contributed by atoms with E-state index in [0.29, 0.717) is 0 Å². The first-order valence-corrected chi connectivity index (χ1v) is 28.5. The molecule has 0 N–H and O–H groups in total. The molecule has 2 nitrogen and oxygen atoms in total. The van der Waals surface area contributed by atoms with Crippen molar-refractivity contribution in [1.82, 2.24) is 0 Å². The Hall–Kier alpha value is -9.80. The Bertz CT molecular complexity index is 3530. The Morgan fingerprint density at radius 2 is 0.416 bits per heavy atom. The molecule has 0 amide bonds. The Kier molecular flexibility index (Phi) is 12.7. The fourth-order valence-electron chi connectivity index (χ4n) is 11.4. The van der Waals surface area contributed by atoms with Crippen LogP contribution in [0.4, 0.5) is 34.1 Å². The van der Waals surface area contributed by atoms with Crippen LogP contribution in [-0.2, 0) is 0 Å². The first-order valence-electron chi connectivity index (χ1n) is 26.5. The Balaban J connectivity index is 1.02. The summed E-state index contributed by atoms with van der Waals surface area (Å²) in [6.07, 6.45) is 4.71. The molecule has 0 aromatic heterocycles. The smallest absolute Gasteiger partial charge is 0.180 e. The lowest BCUT2D eigenvalue weighted by Crippen LogP contribution is -2.75. The minimum atomic E-state index is -3.21. The van der Waals surface area contributed by atoms with E-state index >= 15 is 0 Å². The van der Waals surface area contributed by atoms with Crippen LogP contribution in [0, 0.1) is 0 Å². The first-order chi connectivity index (χ1) is 38.2. The molecule has 0 saturated heterocycles. The molecule has 0 saturated carbocycles. The second-order valence-corrected chi connectivity index (χ2v) is 23.4. The summed E-state index contributed by atoms with van der Waals surface area (Å²) < 4.78 is 0. The lowest BCUT2D eigenvalue weighted by Gasteiger charge is -2.37. The molecule has 1 heterocycles. The van der Waals surface area contributed by atoms with Gasteiger partial charge in [-0.25, -0.2) is 0 Å². The van der Waals surface area contributed by atoms with Crippen LogP contribution in [0.15, 0.2) is 315 Å². The molecule has 0 aliphatic carbocycles. The van der Waals surface area contributed by atoms with Crippen LogP contribution in [0.1, 0.15) is 11.1 Å². The molecule has 1 aliphatic heterocycles. The van der Waals surface area contributed by atoms with Crippen molar-refractivity contribution >= 4 is 75.1 Å². The largest absolute Gasteiger partial charge is 0.311 e. The van der Waals surface area contributed by atoms with Crippen molar-refractivity contribution in [3.05, 3.63) is 327 Å². The first kappa shape index (κ1) is 46.9. The molecule has 0 fully saturated rings.